The maximum Gasteiger partial charge on any atom is 0.316 e. The fourth-order valence-corrected chi connectivity index (χ4v) is 3.19. The number of rotatable bonds is 9. The molecule has 0 bridgehead atoms. The molecule has 0 fully saturated rings. The van der Waals surface area contributed by atoms with Crippen LogP contribution in [0.3, 0.4) is 0 Å². The molecule has 1 unspecified atom stereocenters. The van der Waals surface area contributed by atoms with Gasteiger partial charge in [-0.3, -0.25) is 29.8 Å². The summed E-state index contributed by atoms with van der Waals surface area (Å²) in [5.41, 5.74) is -0.597. The zero-order valence-electron chi connectivity index (χ0n) is 16.4. The minimum Gasteiger partial charge on any atom is -0.469 e. The number of nitro benzene ring substituents is 2. The van der Waals surface area contributed by atoms with Crippen molar-refractivity contribution >= 4 is 23.3 Å². The highest BCUT2D eigenvalue weighted by molar-refractivity contribution is 5.89. The smallest absolute Gasteiger partial charge is 0.316 e. The lowest BCUT2D eigenvalue weighted by molar-refractivity contribution is -0.385. The number of nitrogens with zero attached hydrogens (tertiary/aromatic N) is 2. The molecule has 1 atom stereocenters. The van der Waals surface area contributed by atoms with Crippen molar-refractivity contribution in [1.82, 2.24) is 0 Å². The summed E-state index contributed by atoms with van der Waals surface area (Å²) in [6.45, 7) is 0. The van der Waals surface area contributed by atoms with Gasteiger partial charge >= 0.3 is 11.9 Å². The van der Waals surface area contributed by atoms with E-state index in [4.69, 9.17) is 9.47 Å². The lowest BCUT2D eigenvalue weighted by Crippen LogP contribution is -2.40. The Labute approximate surface area is 171 Å². The van der Waals surface area contributed by atoms with Gasteiger partial charge in [0, 0.05) is 24.3 Å². The lowest BCUT2D eigenvalue weighted by atomic mass is 9.73. The first-order valence-electron chi connectivity index (χ1n) is 8.87. The van der Waals surface area contributed by atoms with E-state index in [1.165, 1.54) is 50.6 Å². The van der Waals surface area contributed by atoms with Gasteiger partial charge in [0.1, 0.15) is 5.41 Å². The minimum atomic E-state index is -1.45. The molecular weight excluding hydrogens is 396 g/mol. The zero-order valence-corrected chi connectivity index (χ0v) is 16.4. The molecule has 0 N–H and O–H groups in total. The van der Waals surface area contributed by atoms with Gasteiger partial charge < -0.3 is 9.47 Å². The van der Waals surface area contributed by atoms with E-state index >= 15 is 0 Å². The maximum atomic E-state index is 12.8. The monoisotopic (exact) mass is 416 g/mol. The quantitative estimate of drug-likeness (QED) is 0.345. The first-order valence-corrected chi connectivity index (χ1v) is 8.87. The molecule has 0 spiro atoms. The van der Waals surface area contributed by atoms with Gasteiger partial charge in [0.2, 0.25) is 0 Å². The second-order valence-electron chi connectivity index (χ2n) is 6.55. The average Bonchev–Trinajstić information content (AvgIpc) is 2.76. The summed E-state index contributed by atoms with van der Waals surface area (Å²) in [5, 5.41) is 21.8. The predicted molar refractivity (Wildman–Crippen MR) is 105 cm³/mol. The van der Waals surface area contributed by atoms with E-state index in [9.17, 15) is 29.8 Å². The molecule has 0 saturated carbocycles. The largest absolute Gasteiger partial charge is 0.469 e. The molecule has 158 valence electrons. The Bertz CT molecular complexity index is 940. The van der Waals surface area contributed by atoms with Crippen LogP contribution >= 0.6 is 0 Å². The van der Waals surface area contributed by atoms with E-state index < -0.39 is 27.2 Å². The van der Waals surface area contributed by atoms with Gasteiger partial charge in [-0.25, -0.2) is 0 Å². The third-order valence-electron chi connectivity index (χ3n) is 4.87. The van der Waals surface area contributed by atoms with Crippen molar-refractivity contribution in [1.29, 1.82) is 0 Å². The number of hydrogen-bond acceptors (Lipinski definition) is 8. The molecule has 0 aliphatic rings. The van der Waals surface area contributed by atoms with Crippen molar-refractivity contribution in [2.24, 2.45) is 0 Å². The molecule has 10 heteroatoms. The fraction of sp³-hybridized carbons (Fsp3) is 0.300. The zero-order chi connectivity index (χ0) is 22.3. The summed E-state index contributed by atoms with van der Waals surface area (Å²) in [5.74, 6) is -1.34. The Hall–Kier alpha value is -3.82. The van der Waals surface area contributed by atoms with Gasteiger partial charge in [-0.2, -0.15) is 0 Å². The van der Waals surface area contributed by atoms with E-state index in [0.717, 1.165) is 0 Å². The van der Waals surface area contributed by atoms with Crippen LogP contribution in [0.4, 0.5) is 11.4 Å². The molecule has 2 aromatic rings. The van der Waals surface area contributed by atoms with Crippen LogP contribution in [-0.4, -0.2) is 36.0 Å². The predicted octanol–water partition coefficient (Wildman–Crippen LogP) is 3.11. The van der Waals surface area contributed by atoms with Gasteiger partial charge in [-0.05, 0) is 24.0 Å². The molecule has 0 heterocycles. The van der Waals surface area contributed by atoms with Crippen LogP contribution in [-0.2, 0) is 30.9 Å². The Balaban J connectivity index is 2.44. The Morgan fingerprint density at radius 2 is 1.37 bits per heavy atom. The number of esters is 2. The van der Waals surface area contributed by atoms with E-state index in [1.54, 1.807) is 12.1 Å². The van der Waals surface area contributed by atoms with Crippen molar-refractivity contribution in [3.63, 3.8) is 0 Å². The summed E-state index contributed by atoms with van der Waals surface area (Å²) in [7, 11) is 2.38. The topological polar surface area (TPSA) is 139 Å². The average molecular weight is 416 g/mol. The number of benzene rings is 2. The lowest BCUT2D eigenvalue weighted by Gasteiger charge is -2.30. The molecule has 0 amide bonds. The number of non-ortho nitro benzene ring substituents is 2. The van der Waals surface area contributed by atoms with Crippen molar-refractivity contribution in [2.75, 3.05) is 14.2 Å². The summed E-state index contributed by atoms with van der Waals surface area (Å²) < 4.78 is 9.71. The molecule has 30 heavy (non-hydrogen) atoms. The molecule has 2 rings (SSSR count). The van der Waals surface area contributed by atoms with Crippen LogP contribution in [0.5, 0.6) is 0 Å². The van der Waals surface area contributed by atoms with Gasteiger partial charge in [0.05, 0.1) is 30.5 Å². The summed E-state index contributed by atoms with van der Waals surface area (Å²) >= 11 is 0. The van der Waals surface area contributed by atoms with Gasteiger partial charge in [-0.15, -0.1) is 0 Å². The molecule has 2 aromatic carbocycles. The third-order valence-corrected chi connectivity index (χ3v) is 4.87. The minimum absolute atomic E-state index is 0.0667. The van der Waals surface area contributed by atoms with Crippen LogP contribution < -0.4 is 0 Å². The number of methoxy groups -OCH3 is 2. The van der Waals surface area contributed by atoms with Crippen molar-refractivity contribution in [3.8, 4) is 0 Å². The number of ether oxygens (including phenoxy) is 2. The number of carbonyl (C=O) groups is 2. The number of nitro groups is 2. The highest BCUT2D eigenvalue weighted by Gasteiger charge is 2.43. The van der Waals surface area contributed by atoms with Gasteiger partial charge in [-0.1, -0.05) is 24.3 Å². The van der Waals surface area contributed by atoms with Crippen LogP contribution in [0.15, 0.2) is 48.5 Å². The first-order chi connectivity index (χ1) is 14.2. The first kappa shape index (κ1) is 22.5. The Morgan fingerprint density at radius 1 is 0.867 bits per heavy atom. The second kappa shape index (κ2) is 9.59. The number of hydrogen-bond donors (Lipinski definition) is 0. The van der Waals surface area contributed by atoms with E-state index in [-0.39, 0.29) is 24.2 Å². The standard InChI is InChI=1S/C20H20N2O8/c1-29-18(23)13-20(19(24)30-2,15-5-9-17(10-6-15)22(27)28)12-11-14-3-7-16(8-4-14)21(25)26/h3-10H,11-13H2,1-2H3. The SMILES string of the molecule is COC(=O)CC(CCc1ccc([N+](=O)[O-])cc1)(C(=O)OC)c1ccc([N+](=O)[O-])cc1. The Morgan fingerprint density at radius 3 is 1.80 bits per heavy atom. The highest BCUT2D eigenvalue weighted by Crippen LogP contribution is 2.36. The molecule has 0 saturated heterocycles. The van der Waals surface area contributed by atoms with Gasteiger partial charge in [0.15, 0.2) is 0 Å². The Kier molecular flexibility index (Phi) is 7.18. The van der Waals surface area contributed by atoms with Crippen LogP contribution in [0.1, 0.15) is 24.0 Å². The number of carbonyl (C=O) groups excluding carboxylic acids is 2. The summed E-state index contributed by atoms with van der Waals surface area (Å²) in [6.07, 6.45) is 0.0758. The highest BCUT2D eigenvalue weighted by atomic mass is 16.6. The van der Waals surface area contributed by atoms with Crippen LogP contribution in [0.25, 0.3) is 0 Å². The second-order valence-corrected chi connectivity index (χ2v) is 6.55. The molecule has 0 aliphatic carbocycles. The van der Waals surface area contributed by atoms with E-state index in [0.29, 0.717) is 17.5 Å². The van der Waals surface area contributed by atoms with Crippen molar-refractivity contribution < 1.29 is 28.9 Å². The number of aryl methyl sites for hydroxylation is 1. The molecule has 0 radical (unpaired) electrons. The summed E-state index contributed by atoms with van der Waals surface area (Å²) in [4.78, 5) is 45.6. The van der Waals surface area contributed by atoms with E-state index in [2.05, 4.69) is 0 Å². The molecule has 10 nitrogen and oxygen atoms in total. The van der Waals surface area contributed by atoms with E-state index in [1.807, 2.05) is 0 Å². The van der Waals surface area contributed by atoms with Crippen LogP contribution in [0, 0.1) is 20.2 Å². The molecular formula is C20H20N2O8. The molecule has 0 aromatic heterocycles. The van der Waals surface area contributed by atoms with Crippen molar-refractivity contribution in [2.45, 2.75) is 24.7 Å². The normalized spacial score (nSPS) is 12.5. The fourth-order valence-electron chi connectivity index (χ4n) is 3.19. The third kappa shape index (κ3) is 4.96. The van der Waals surface area contributed by atoms with Gasteiger partial charge in [0.25, 0.3) is 11.4 Å². The van der Waals surface area contributed by atoms with Crippen LogP contribution in [0.2, 0.25) is 0 Å². The van der Waals surface area contributed by atoms with Crippen molar-refractivity contribution in [3.05, 3.63) is 79.9 Å². The molecule has 0 aliphatic heterocycles. The maximum absolute atomic E-state index is 12.8. The summed E-state index contributed by atoms with van der Waals surface area (Å²) in [6, 6.07) is 11.1.